The van der Waals surface area contributed by atoms with Crippen molar-refractivity contribution in [3.8, 4) is 33.6 Å². The lowest BCUT2D eigenvalue weighted by molar-refractivity contribution is 0.322. The molecular formula is C54H48F4N3O5S2-. The molecule has 1 aliphatic heterocycles. The number of aryl methyl sites for hydroxylation is 3. The first-order valence-corrected chi connectivity index (χ1v) is 24.7. The van der Waals surface area contributed by atoms with E-state index >= 15 is 8.78 Å². The van der Waals surface area contributed by atoms with E-state index in [2.05, 4.69) is 49.5 Å². The summed E-state index contributed by atoms with van der Waals surface area (Å²) in [6, 6.07) is 39.1. The van der Waals surface area contributed by atoms with Crippen LogP contribution in [0.25, 0.3) is 44.5 Å². The van der Waals surface area contributed by atoms with E-state index in [1.807, 2.05) is 67.6 Å². The van der Waals surface area contributed by atoms with Gasteiger partial charge in [0.1, 0.15) is 11.3 Å². The largest absolute Gasteiger partial charge is 0.772 e. The predicted octanol–water partition coefficient (Wildman–Crippen LogP) is 13.4. The molecule has 0 bridgehead atoms. The van der Waals surface area contributed by atoms with Crippen LogP contribution >= 0.6 is 11.8 Å². The normalized spacial score (nSPS) is 12.2. The maximum absolute atomic E-state index is 15.2. The lowest BCUT2D eigenvalue weighted by Crippen LogP contribution is -2.28. The fourth-order valence-corrected chi connectivity index (χ4v) is 10.5. The Morgan fingerprint density at radius 3 is 2.15 bits per heavy atom. The molecule has 2 N–H and O–H groups in total. The van der Waals surface area contributed by atoms with E-state index in [0.29, 0.717) is 50.7 Å². The zero-order chi connectivity index (χ0) is 48.1. The maximum Gasteiger partial charge on any atom is 0.232 e. The minimum atomic E-state index is -4.99. The predicted molar refractivity (Wildman–Crippen MR) is 263 cm³/mol. The number of sulfonamides is 1. The third-order valence-corrected chi connectivity index (χ3v) is 14.4. The standard InChI is InChI=1S/C54H48F4N3O5S2/c1-4-13-35-18-11-15-33(3)52(35)59-37-23-25-40-44(31-37)66-45-32-38(60-53-36(14-5-2)19-12-21-39(53)34-16-7-6-8-17-34)24-26-41(45)47(40)42-20-9-10-22-46(42)68(64,65)61(63)28-27-43-48(55)50(57)54(67-30-29-62)51(58)49(43)56/h6-12,15-26,31-32,60,62H,4-5,13-14,27-30H2,1-3H3/q-1. The average molecular weight is 959 g/mol. The quantitative estimate of drug-likeness (QED) is 0.0307. The van der Waals surface area contributed by atoms with Crippen molar-refractivity contribution >= 4 is 49.8 Å². The van der Waals surface area contributed by atoms with Crippen LogP contribution in [0.2, 0.25) is 0 Å². The summed E-state index contributed by atoms with van der Waals surface area (Å²) < 4.78 is 95.3. The summed E-state index contributed by atoms with van der Waals surface area (Å²) in [5, 5.41) is 27.6. The van der Waals surface area contributed by atoms with Crippen LogP contribution in [0.4, 0.5) is 34.6 Å². The van der Waals surface area contributed by atoms with Gasteiger partial charge in [0.15, 0.2) is 23.3 Å². The van der Waals surface area contributed by atoms with Crippen molar-refractivity contribution in [2.24, 2.45) is 4.99 Å². The zero-order valence-electron chi connectivity index (χ0n) is 37.6. The molecule has 2 aliphatic rings. The van der Waals surface area contributed by atoms with Gasteiger partial charge in [-0.1, -0.05) is 112 Å². The Balaban J connectivity index is 1.27. The number of rotatable bonds is 17. The van der Waals surface area contributed by atoms with Crippen LogP contribution in [0.5, 0.6) is 0 Å². The molecule has 0 amide bonds. The summed E-state index contributed by atoms with van der Waals surface area (Å²) in [5.74, 6) is -6.77. The van der Waals surface area contributed by atoms with Gasteiger partial charge in [-0.25, -0.2) is 31.0 Å². The first-order valence-electron chi connectivity index (χ1n) is 22.3. The van der Waals surface area contributed by atoms with Crippen molar-refractivity contribution in [2.75, 3.05) is 24.2 Å². The molecule has 0 radical (unpaired) electrons. The number of aliphatic hydroxyl groups is 1. The van der Waals surface area contributed by atoms with Crippen molar-refractivity contribution in [3.05, 3.63) is 183 Å². The molecule has 0 unspecified atom stereocenters. The topological polar surface area (TPSA) is 118 Å². The smallest absolute Gasteiger partial charge is 0.232 e. The molecule has 68 heavy (non-hydrogen) atoms. The second kappa shape index (κ2) is 20.9. The molecule has 1 aliphatic carbocycles. The van der Waals surface area contributed by atoms with Crippen molar-refractivity contribution < 1.29 is 35.5 Å². The second-order valence-electron chi connectivity index (χ2n) is 16.3. The highest BCUT2D eigenvalue weighted by molar-refractivity contribution is 7.99. The van der Waals surface area contributed by atoms with Crippen LogP contribution in [-0.2, 0) is 29.3 Å². The van der Waals surface area contributed by atoms with Crippen molar-refractivity contribution in [1.29, 1.82) is 0 Å². The van der Waals surface area contributed by atoms with E-state index < -0.39 is 68.2 Å². The average Bonchev–Trinajstić information content (AvgIpc) is 3.34. The van der Waals surface area contributed by atoms with Gasteiger partial charge in [0.2, 0.25) is 10.0 Å². The fourth-order valence-electron chi connectivity index (χ4n) is 8.51. The summed E-state index contributed by atoms with van der Waals surface area (Å²) in [5.41, 5.74) is 8.03. The molecular weight excluding hydrogens is 911 g/mol. The Hall–Kier alpha value is -6.29. The monoisotopic (exact) mass is 958 g/mol. The third-order valence-electron chi connectivity index (χ3n) is 11.7. The Kier molecular flexibility index (Phi) is 14.8. The maximum atomic E-state index is 15.2. The number of nitrogens with zero attached hydrogens (tertiary/aromatic N) is 2. The third kappa shape index (κ3) is 9.69. The van der Waals surface area contributed by atoms with Gasteiger partial charge in [-0.2, -0.15) is 0 Å². The van der Waals surface area contributed by atoms with Crippen molar-refractivity contribution in [1.82, 2.24) is 4.47 Å². The van der Waals surface area contributed by atoms with Crippen LogP contribution < -0.4 is 10.7 Å². The van der Waals surface area contributed by atoms with Gasteiger partial charge in [0, 0.05) is 69.0 Å². The Labute approximate surface area is 397 Å². The lowest BCUT2D eigenvalue weighted by atomic mass is 9.93. The van der Waals surface area contributed by atoms with E-state index in [1.54, 1.807) is 24.3 Å². The minimum absolute atomic E-state index is 0.132. The van der Waals surface area contributed by atoms with Crippen LogP contribution in [0.1, 0.15) is 48.9 Å². The van der Waals surface area contributed by atoms with Gasteiger partial charge in [-0.3, -0.25) is 4.47 Å². The molecule has 0 saturated carbocycles. The van der Waals surface area contributed by atoms with E-state index in [-0.39, 0.29) is 15.8 Å². The molecule has 0 saturated heterocycles. The molecule has 14 heteroatoms. The summed E-state index contributed by atoms with van der Waals surface area (Å²) in [4.78, 5) is 3.69. The molecule has 6 aromatic rings. The molecule has 8 rings (SSSR count). The number of benzene rings is 7. The van der Waals surface area contributed by atoms with Gasteiger partial charge in [-0.15, -0.1) is 11.8 Å². The number of hydrogen-bond donors (Lipinski definition) is 2. The molecule has 350 valence electrons. The molecule has 8 nitrogen and oxygen atoms in total. The van der Waals surface area contributed by atoms with E-state index in [4.69, 9.17) is 14.5 Å². The van der Waals surface area contributed by atoms with Crippen LogP contribution in [0.3, 0.4) is 0 Å². The molecule has 1 heterocycles. The highest BCUT2D eigenvalue weighted by atomic mass is 32.2. The van der Waals surface area contributed by atoms with Crippen LogP contribution in [0.15, 0.2) is 147 Å². The number of para-hydroxylation sites is 2. The summed E-state index contributed by atoms with van der Waals surface area (Å²) in [6.45, 7) is 4.65. The Bertz CT molecular complexity index is 3260. The van der Waals surface area contributed by atoms with Crippen molar-refractivity contribution in [2.45, 2.75) is 62.7 Å². The first-order chi connectivity index (χ1) is 32.9. The second-order valence-corrected chi connectivity index (χ2v) is 19.2. The number of hydroxylamine groups is 1. The van der Waals surface area contributed by atoms with Gasteiger partial charge in [-0.05, 0) is 78.8 Å². The van der Waals surface area contributed by atoms with Gasteiger partial charge >= 0.3 is 0 Å². The number of fused-ring (bicyclic) bond motifs is 2. The summed E-state index contributed by atoms with van der Waals surface area (Å²) in [6.07, 6.45) is 2.50. The van der Waals surface area contributed by atoms with Crippen molar-refractivity contribution in [3.63, 3.8) is 0 Å². The number of nitrogens with one attached hydrogen (secondary N) is 1. The number of hydrogen-bond acceptors (Lipinski definition) is 8. The van der Waals surface area contributed by atoms with Crippen LogP contribution in [-0.4, -0.2) is 36.9 Å². The zero-order valence-corrected chi connectivity index (χ0v) is 39.2. The van der Waals surface area contributed by atoms with E-state index in [9.17, 15) is 22.4 Å². The van der Waals surface area contributed by atoms with Gasteiger partial charge in [0.25, 0.3) is 0 Å². The highest BCUT2D eigenvalue weighted by Crippen LogP contribution is 2.44. The van der Waals surface area contributed by atoms with Gasteiger partial charge < -0.3 is 20.0 Å². The van der Waals surface area contributed by atoms with E-state index in [0.717, 1.165) is 64.9 Å². The summed E-state index contributed by atoms with van der Waals surface area (Å²) >= 11 is 0.380. The number of thioether (sulfide) groups is 1. The first kappa shape index (κ1) is 48.2. The number of anilines is 2. The summed E-state index contributed by atoms with van der Waals surface area (Å²) in [7, 11) is -4.99. The molecule has 0 atom stereocenters. The minimum Gasteiger partial charge on any atom is -0.772 e. The van der Waals surface area contributed by atoms with E-state index in [1.165, 1.54) is 12.1 Å². The Morgan fingerprint density at radius 1 is 0.735 bits per heavy atom. The molecule has 0 aromatic heterocycles. The molecule has 0 spiro atoms. The fraction of sp³-hybridized carbons (Fsp3) is 0.204. The SMILES string of the molecule is CCCc1cccc(C)c1N=c1ccc2c(-c3ccccc3S(=O)(=O)N([O-])CCc3c(F)c(F)c(SCCO)c(F)c3F)c3ccc(Nc4c(CCC)cccc4-c4ccccc4)cc3oc-2c1. The highest BCUT2D eigenvalue weighted by Gasteiger charge is 2.29. The number of aliphatic hydroxyl groups excluding tert-OH is 1. The van der Waals surface area contributed by atoms with Gasteiger partial charge in [0.05, 0.1) is 27.4 Å². The van der Waals surface area contributed by atoms with Crippen LogP contribution in [0, 0.1) is 35.4 Å². The molecule has 0 fully saturated rings. The Morgan fingerprint density at radius 2 is 1.41 bits per heavy atom. The molecule has 6 aromatic carbocycles. The number of halogens is 4. The lowest BCUT2D eigenvalue weighted by Gasteiger charge is -2.29.